The maximum atomic E-state index is 5.96. The van der Waals surface area contributed by atoms with Gasteiger partial charge in [-0.15, -0.1) is 0 Å². The number of hydrogen-bond donors (Lipinski definition) is 1. The zero-order valence-corrected chi connectivity index (χ0v) is 12.2. The molecule has 1 N–H and O–H groups in total. The molecule has 108 valence electrons. The van der Waals surface area contributed by atoms with E-state index in [0.717, 1.165) is 30.9 Å². The van der Waals surface area contributed by atoms with Gasteiger partial charge in [0.15, 0.2) is 0 Å². The van der Waals surface area contributed by atoms with Crippen LogP contribution in [0.25, 0.3) is 5.65 Å². The second-order valence-electron chi connectivity index (χ2n) is 5.14. The van der Waals surface area contributed by atoms with Gasteiger partial charge < -0.3 is 19.2 Å². The highest BCUT2D eigenvalue weighted by Crippen LogP contribution is 2.21. The molecule has 0 spiro atoms. The predicted octanol–water partition coefficient (Wildman–Crippen LogP) is 1.88. The highest BCUT2D eigenvalue weighted by molar-refractivity contribution is 6.30. The number of imidazole rings is 1. The molecule has 1 aliphatic heterocycles. The van der Waals surface area contributed by atoms with Crippen molar-refractivity contribution in [3.8, 4) is 0 Å². The van der Waals surface area contributed by atoms with Crippen molar-refractivity contribution in [1.82, 2.24) is 14.7 Å². The van der Waals surface area contributed by atoms with Crippen LogP contribution in [0, 0.1) is 0 Å². The third kappa shape index (κ3) is 2.81. The molecule has 3 rings (SSSR count). The minimum atomic E-state index is -0.192. The van der Waals surface area contributed by atoms with Crippen molar-refractivity contribution in [2.24, 2.45) is 0 Å². The molecule has 0 aromatic carbocycles. The van der Waals surface area contributed by atoms with E-state index in [1.165, 1.54) is 0 Å². The molecule has 2 aromatic rings. The zero-order chi connectivity index (χ0) is 14.0. The van der Waals surface area contributed by atoms with Gasteiger partial charge in [0.1, 0.15) is 11.2 Å². The van der Waals surface area contributed by atoms with Crippen LogP contribution in [0.5, 0.6) is 0 Å². The molecule has 1 atom stereocenters. The monoisotopic (exact) mass is 295 g/mol. The first kappa shape index (κ1) is 13.8. The molecule has 2 aromatic heterocycles. The molecule has 0 saturated carbocycles. The van der Waals surface area contributed by atoms with Crippen molar-refractivity contribution < 1.29 is 9.47 Å². The van der Waals surface area contributed by atoms with Gasteiger partial charge in [0.2, 0.25) is 0 Å². The summed E-state index contributed by atoms with van der Waals surface area (Å²) in [5.41, 5.74) is 1.69. The summed E-state index contributed by atoms with van der Waals surface area (Å²) in [5.74, 6) is 0. The molecule has 1 fully saturated rings. The third-order valence-corrected chi connectivity index (χ3v) is 3.94. The highest BCUT2D eigenvalue weighted by atomic mass is 35.5. The minimum Gasteiger partial charge on any atom is -0.378 e. The average Bonchev–Trinajstić information content (AvgIpc) is 3.05. The van der Waals surface area contributed by atoms with E-state index >= 15 is 0 Å². The van der Waals surface area contributed by atoms with E-state index < -0.39 is 0 Å². The summed E-state index contributed by atoms with van der Waals surface area (Å²) in [5, 5.41) is 4.10. The Morgan fingerprint density at radius 3 is 3.15 bits per heavy atom. The maximum absolute atomic E-state index is 5.96. The molecule has 1 aliphatic rings. The molecule has 3 heterocycles. The Morgan fingerprint density at radius 2 is 2.40 bits per heavy atom. The third-order valence-electron chi connectivity index (χ3n) is 3.72. The van der Waals surface area contributed by atoms with Gasteiger partial charge in [-0.25, -0.2) is 4.98 Å². The first-order chi connectivity index (χ1) is 9.71. The van der Waals surface area contributed by atoms with E-state index in [-0.39, 0.29) is 5.60 Å². The van der Waals surface area contributed by atoms with Crippen molar-refractivity contribution in [3.63, 3.8) is 0 Å². The number of pyridine rings is 1. The van der Waals surface area contributed by atoms with Gasteiger partial charge in [0.25, 0.3) is 0 Å². The molecule has 5 nitrogen and oxygen atoms in total. The summed E-state index contributed by atoms with van der Waals surface area (Å²) in [4.78, 5) is 4.54. The molecule has 20 heavy (non-hydrogen) atoms. The van der Waals surface area contributed by atoms with Gasteiger partial charge in [-0.1, -0.05) is 11.6 Å². The van der Waals surface area contributed by atoms with Crippen LogP contribution >= 0.6 is 11.6 Å². The van der Waals surface area contributed by atoms with Crippen LogP contribution in [0.1, 0.15) is 12.1 Å². The van der Waals surface area contributed by atoms with E-state index in [1.54, 1.807) is 7.11 Å². The van der Waals surface area contributed by atoms with Crippen LogP contribution in [0.4, 0.5) is 0 Å². The number of hydrogen-bond acceptors (Lipinski definition) is 4. The summed E-state index contributed by atoms with van der Waals surface area (Å²) in [6, 6.07) is 3.75. The van der Waals surface area contributed by atoms with Crippen molar-refractivity contribution in [2.75, 3.05) is 26.9 Å². The lowest BCUT2D eigenvalue weighted by Crippen LogP contribution is -2.42. The number of rotatable bonds is 5. The molecule has 0 amide bonds. The predicted molar refractivity (Wildman–Crippen MR) is 77.1 cm³/mol. The number of nitrogens with one attached hydrogen (secondary N) is 1. The van der Waals surface area contributed by atoms with Gasteiger partial charge in [0.05, 0.1) is 17.3 Å². The molecule has 1 saturated heterocycles. The van der Waals surface area contributed by atoms with E-state index in [2.05, 4.69) is 10.3 Å². The van der Waals surface area contributed by atoms with Crippen LogP contribution in [0.2, 0.25) is 5.02 Å². The Balaban J connectivity index is 1.62. The van der Waals surface area contributed by atoms with E-state index in [4.69, 9.17) is 21.1 Å². The Labute approximate surface area is 122 Å². The van der Waals surface area contributed by atoms with Gasteiger partial charge in [-0.2, -0.15) is 0 Å². The molecule has 1 unspecified atom stereocenters. The molecule has 0 radical (unpaired) electrons. The lowest BCUT2D eigenvalue weighted by molar-refractivity contribution is -0.0159. The first-order valence-corrected chi connectivity index (χ1v) is 7.05. The Kier molecular flexibility index (Phi) is 3.94. The van der Waals surface area contributed by atoms with E-state index in [1.807, 2.05) is 28.9 Å². The van der Waals surface area contributed by atoms with Gasteiger partial charge in [0, 0.05) is 45.6 Å². The van der Waals surface area contributed by atoms with Gasteiger partial charge in [-0.05, 0) is 12.1 Å². The van der Waals surface area contributed by atoms with Crippen molar-refractivity contribution >= 4 is 17.2 Å². The van der Waals surface area contributed by atoms with Crippen LogP contribution in [0.3, 0.4) is 0 Å². The molecular formula is C14H18ClN3O2. The topological polar surface area (TPSA) is 47.8 Å². The normalized spacial score (nSPS) is 22.7. The fraction of sp³-hybridized carbons (Fsp3) is 0.500. The van der Waals surface area contributed by atoms with Gasteiger partial charge >= 0.3 is 0 Å². The number of aromatic nitrogens is 2. The Morgan fingerprint density at radius 1 is 1.50 bits per heavy atom. The Bertz CT molecular complexity index is 593. The maximum Gasteiger partial charge on any atom is 0.137 e. The lowest BCUT2D eigenvalue weighted by atomic mass is 10.0. The number of nitrogens with zero attached hydrogens (tertiary/aromatic N) is 2. The van der Waals surface area contributed by atoms with Crippen LogP contribution in [-0.4, -0.2) is 41.9 Å². The summed E-state index contributed by atoms with van der Waals surface area (Å²) in [6.45, 7) is 2.88. The number of ether oxygens (including phenoxy) is 2. The largest absolute Gasteiger partial charge is 0.378 e. The highest BCUT2D eigenvalue weighted by Gasteiger charge is 2.34. The summed E-state index contributed by atoms with van der Waals surface area (Å²) in [7, 11) is 1.74. The summed E-state index contributed by atoms with van der Waals surface area (Å²) < 4.78 is 12.9. The second kappa shape index (κ2) is 5.69. The number of methoxy groups -OCH3 is 1. The van der Waals surface area contributed by atoms with E-state index in [9.17, 15) is 0 Å². The smallest absolute Gasteiger partial charge is 0.137 e. The molecule has 0 aliphatic carbocycles. The van der Waals surface area contributed by atoms with Crippen LogP contribution in [-0.2, 0) is 16.0 Å². The number of fused-ring (bicyclic) bond motifs is 1. The fourth-order valence-electron chi connectivity index (χ4n) is 2.48. The molecule has 6 heteroatoms. The molecular weight excluding hydrogens is 278 g/mol. The van der Waals surface area contributed by atoms with Crippen LogP contribution < -0.4 is 5.32 Å². The zero-order valence-electron chi connectivity index (χ0n) is 11.4. The fourth-order valence-corrected chi connectivity index (χ4v) is 2.65. The van der Waals surface area contributed by atoms with Gasteiger partial charge in [-0.3, -0.25) is 0 Å². The summed E-state index contributed by atoms with van der Waals surface area (Å²) in [6.07, 6.45) is 4.77. The van der Waals surface area contributed by atoms with Crippen LogP contribution in [0.15, 0.2) is 24.5 Å². The van der Waals surface area contributed by atoms with Crippen molar-refractivity contribution in [1.29, 1.82) is 0 Å². The second-order valence-corrected chi connectivity index (χ2v) is 5.57. The SMILES string of the molecule is COC1(CNCc2cn3cc(Cl)ccc3n2)CCOC1. The summed E-state index contributed by atoms with van der Waals surface area (Å²) >= 11 is 5.96. The first-order valence-electron chi connectivity index (χ1n) is 6.68. The standard InChI is InChI=1S/C14H18ClN3O2/c1-19-14(4-5-20-10-14)9-16-6-12-8-18-7-11(15)2-3-13(18)17-12/h2-3,7-8,16H,4-6,9-10H2,1H3. The Hall–Kier alpha value is -1.14. The minimum absolute atomic E-state index is 0.192. The lowest BCUT2D eigenvalue weighted by Gasteiger charge is -2.25. The number of halogens is 1. The van der Waals surface area contributed by atoms with E-state index in [0.29, 0.717) is 18.2 Å². The average molecular weight is 296 g/mol. The van der Waals surface area contributed by atoms with Crippen molar-refractivity contribution in [2.45, 2.75) is 18.6 Å². The quantitative estimate of drug-likeness (QED) is 0.915. The van der Waals surface area contributed by atoms with Crippen molar-refractivity contribution in [3.05, 3.63) is 35.2 Å². The molecule has 0 bridgehead atoms.